The minimum absolute atomic E-state index is 0.177. The number of rotatable bonds is 48. The molecule has 1 heterocycles. The van der Waals surface area contributed by atoms with Gasteiger partial charge in [0.25, 0.3) is 0 Å². The first-order chi connectivity index (χ1) is 31.8. The Bertz CT molecular complexity index is 1070. The SMILES string of the molecule is CCCCCCC/C=C/C(O)C(COC1OC(CO)C(O)C(O)C1O)NC(=O)CCCCCCCCCCCCCCCCCCCCCCCCC/C=C\CCCCCCCCCC. The quantitative estimate of drug-likeness (QED) is 0.0261. The number of aliphatic hydroxyl groups excluding tert-OH is 5. The highest BCUT2D eigenvalue weighted by molar-refractivity contribution is 5.76. The molecule has 1 aliphatic heterocycles. The lowest BCUT2D eigenvalue weighted by Gasteiger charge is -2.40. The van der Waals surface area contributed by atoms with E-state index in [1.165, 1.54) is 212 Å². The van der Waals surface area contributed by atoms with E-state index < -0.39 is 49.5 Å². The Kier molecular flexibility index (Phi) is 44.0. The summed E-state index contributed by atoms with van der Waals surface area (Å²) >= 11 is 0. The molecule has 0 aromatic rings. The molecule has 384 valence electrons. The zero-order valence-electron chi connectivity index (χ0n) is 42.5. The average Bonchev–Trinajstić information content (AvgIpc) is 3.31. The Morgan fingerprint density at radius 2 is 0.862 bits per heavy atom. The third kappa shape index (κ3) is 36.3. The van der Waals surface area contributed by atoms with Gasteiger partial charge in [-0.2, -0.15) is 0 Å². The fraction of sp³-hybridized carbons (Fsp3) is 0.911. The fourth-order valence-corrected chi connectivity index (χ4v) is 9.04. The minimum Gasteiger partial charge on any atom is -0.394 e. The zero-order valence-corrected chi connectivity index (χ0v) is 42.5. The number of unbranched alkanes of at least 4 members (excludes halogenated alkanes) is 36. The van der Waals surface area contributed by atoms with Crippen molar-refractivity contribution in [1.29, 1.82) is 0 Å². The highest BCUT2D eigenvalue weighted by Gasteiger charge is 2.44. The van der Waals surface area contributed by atoms with Crippen LogP contribution in [-0.4, -0.2) is 87.5 Å². The van der Waals surface area contributed by atoms with E-state index in [4.69, 9.17) is 9.47 Å². The highest BCUT2D eigenvalue weighted by Crippen LogP contribution is 2.23. The van der Waals surface area contributed by atoms with Gasteiger partial charge in [-0.05, 0) is 44.9 Å². The molecule has 0 aliphatic carbocycles. The maximum Gasteiger partial charge on any atom is 0.220 e. The lowest BCUT2D eigenvalue weighted by molar-refractivity contribution is -0.302. The maximum atomic E-state index is 12.9. The molecule has 1 aliphatic rings. The first-order valence-electron chi connectivity index (χ1n) is 28.1. The van der Waals surface area contributed by atoms with Gasteiger partial charge in [-0.1, -0.05) is 244 Å². The van der Waals surface area contributed by atoms with Gasteiger partial charge in [-0.25, -0.2) is 0 Å². The summed E-state index contributed by atoms with van der Waals surface area (Å²) < 4.78 is 11.2. The second-order valence-electron chi connectivity index (χ2n) is 19.7. The monoisotopic (exact) mass is 922 g/mol. The molecule has 0 radical (unpaired) electrons. The summed E-state index contributed by atoms with van der Waals surface area (Å²) in [6.45, 7) is 3.73. The number of hydrogen-bond donors (Lipinski definition) is 6. The van der Waals surface area contributed by atoms with Crippen LogP contribution in [0.25, 0.3) is 0 Å². The van der Waals surface area contributed by atoms with Crippen molar-refractivity contribution in [2.45, 2.75) is 314 Å². The van der Waals surface area contributed by atoms with Crippen LogP contribution in [0, 0.1) is 0 Å². The molecule has 9 nitrogen and oxygen atoms in total. The predicted octanol–water partition coefficient (Wildman–Crippen LogP) is 13.4. The van der Waals surface area contributed by atoms with Crippen molar-refractivity contribution in [2.75, 3.05) is 13.2 Å². The van der Waals surface area contributed by atoms with Crippen molar-refractivity contribution >= 4 is 5.91 Å². The Morgan fingerprint density at radius 3 is 1.25 bits per heavy atom. The standard InChI is InChI=1S/C56H107NO8/c1-3-5-7-9-11-12-13-14-15-16-17-18-19-20-21-22-23-24-25-26-27-28-29-30-31-32-33-34-35-36-37-38-40-42-44-46-52(60)57-49(50(59)45-43-41-39-10-8-6-4-2)48-64-56-55(63)54(62)53(61)51(47-58)65-56/h16-17,43,45,49-51,53-56,58-59,61-63H,3-15,18-42,44,46-48H2,1-2H3,(H,57,60)/b17-16-,45-43+. The smallest absolute Gasteiger partial charge is 0.220 e. The van der Waals surface area contributed by atoms with E-state index >= 15 is 0 Å². The lowest BCUT2D eigenvalue weighted by Crippen LogP contribution is -2.60. The zero-order chi connectivity index (χ0) is 47.3. The molecule has 1 fully saturated rings. The molecule has 0 aromatic heterocycles. The maximum absolute atomic E-state index is 12.9. The minimum atomic E-state index is -1.56. The summed E-state index contributed by atoms with van der Waals surface area (Å²) in [5.41, 5.74) is 0. The van der Waals surface area contributed by atoms with Crippen LogP contribution in [0.15, 0.2) is 24.3 Å². The van der Waals surface area contributed by atoms with Crippen LogP contribution >= 0.6 is 0 Å². The molecule has 65 heavy (non-hydrogen) atoms. The van der Waals surface area contributed by atoms with Crippen molar-refractivity contribution in [3.8, 4) is 0 Å². The molecule has 1 rings (SSSR count). The summed E-state index contributed by atoms with van der Waals surface area (Å²) in [5.74, 6) is -0.177. The first-order valence-corrected chi connectivity index (χ1v) is 28.1. The number of hydrogen-bond acceptors (Lipinski definition) is 8. The lowest BCUT2D eigenvalue weighted by atomic mass is 9.99. The summed E-state index contributed by atoms with van der Waals surface area (Å²) in [6, 6.07) is -0.798. The highest BCUT2D eigenvalue weighted by atomic mass is 16.7. The van der Waals surface area contributed by atoms with Crippen LogP contribution in [0.4, 0.5) is 0 Å². The van der Waals surface area contributed by atoms with Gasteiger partial charge in [0, 0.05) is 6.42 Å². The number of aliphatic hydroxyl groups is 5. The van der Waals surface area contributed by atoms with Crippen molar-refractivity contribution in [1.82, 2.24) is 5.32 Å². The third-order valence-electron chi connectivity index (χ3n) is 13.5. The number of nitrogens with one attached hydrogen (secondary N) is 1. The largest absolute Gasteiger partial charge is 0.394 e. The van der Waals surface area contributed by atoms with Gasteiger partial charge in [-0.3, -0.25) is 4.79 Å². The van der Waals surface area contributed by atoms with Crippen LogP contribution in [-0.2, 0) is 14.3 Å². The molecular weight excluding hydrogens is 815 g/mol. The molecule has 0 aromatic carbocycles. The molecule has 1 amide bonds. The van der Waals surface area contributed by atoms with E-state index in [1.54, 1.807) is 6.08 Å². The Hall–Kier alpha value is -1.33. The van der Waals surface area contributed by atoms with E-state index in [9.17, 15) is 30.3 Å². The van der Waals surface area contributed by atoms with Gasteiger partial charge in [0.05, 0.1) is 25.4 Å². The summed E-state index contributed by atoms with van der Waals surface area (Å²) in [4.78, 5) is 12.9. The Balaban J connectivity index is 1.99. The molecule has 9 heteroatoms. The first kappa shape index (κ1) is 61.7. The van der Waals surface area contributed by atoms with Crippen molar-refractivity contribution in [3.63, 3.8) is 0 Å². The third-order valence-corrected chi connectivity index (χ3v) is 13.5. The van der Waals surface area contributed by atoms with Crippen LogP contribution in [0.1, 0.15) is 271 Å². The summed E-state index contributed by atoms with van der Waals surface area (Å²) in [5, 5.41) is 54.0. The van der Waals surface area contributed by atoms with Gasteiger partial charge in [0.1, 0.15) is 24.4 Å². The fourth-order valence-electron chi connectivity index (χ4n) is 9.04. The number of ether oxygens (including phenoxy) is 2. The molecule has 7 unspecified atom stereocenters. The molecule has 0 spiro atoms. The van der Waals surface area contributed by atoms with Crippen LogP contribution in [0.5, 0.6) is 0 Å². The van der Waals surface area contributed by atoms with Gasteiger partial charge < -0.3 is 40.3 Å². The van der Waals surface area contributed by atoms with Gasteiger partial charge in [0.15, 0.2) is 6.29 Å². The van der Waals surface area contributed by atoms with Crippen LogP contribution < -0.4 is 5.32 Å². The van der Waals surface area contributed by atoms with Crippen LogP contribution in [0.3, 0.4) is 0 Å². The van der Waals surface area contributed by atoms with Crippen molar-refractivity contribution in [2.24, 2.45) is 0 Å². The number of carbonyl (C=O) groups is 1. The molecule has 7 atom stereocenters. The van der Waals surface area contributed by atoms with Crippen molar-refractivity contribution < 1.29 is 39.8 Å². The summed E-state index contributed by atoms with van der Waals surface area (Å²) in [7, 11) is 0. The van der Waals surface area contributed by atoms with E-state index in [0.29, 0.717) is 6.42 Å². The molecular formula is C56H107NO8. The number of allylic oxidation sites excluding steroid dienone is 3. The number of amides is 1. The Labute approximate surface area is 400 Å². The van der Waals surface area contributed by atoms with E-state index in [2.05, 4.69) is 31.3 Å². The topological polar surface area (TPSA) is 149 Å². The normalized spacial score (nSPS) is 20.0. The number of carbonyl (C=O) groups excluding carboxylic acids is 1. The molecule has 6 N–H and O–H groups in total. The molecule has 0 bridgehead atoms. The second-order valence-corrected chi connectivity index (χ2v) is 19.7. The van der Waals surface area contributed by atoms with Gasteiger partial charge in [0.2, 0.25) is 5.91 Å². The second kappa shape index (κ2) is 46.4. The van der Waals surface area contributed by atoms with E-state index in [-0.39, 0.29) is 12.5 Å². The average molecular weight is 922 g/mol. The summed E-state index contributed by atoms with van der Waals surface area (Å²) in [6.07, 6.45) is 51.6. The molecule has 0 saturated carbocycles. The molecule has 1 saturated heterocycles. The van der Waals surface area contributed by atoms with Crippen molar-refractivity contribution in [3.05, 3.63) is 24.3 Å². The van der Waals surface area contributed by atoms with Gasteiger partial charge in [-0.15, -0.1) is 0 Å². The van der Waals surface area contributed by atoms with E-state index in [0.717, 1.165) is 38.5 Å². The van der Waals surface area contributed by atoms with E-state index in [1.807, 2.05) is 6.08 Å². The van der Waals surface area contributed by atoms with Gasteiger partial charge >= 0.3 is 0 Å². The van der Waals surface area contributed by atoms with Crippen LogP contribution in [0.2, 0.25) is 0 Å². The predicted molar refractivity (Wildman–Crippen MR) is 272 cm³/mol. The Morgan fingerprint density at radius 1 is 0.508 bits per heavy atom.